The number of rotatable bonds is 5. The van der Waals surface area contributed by atoms with Gasteiger partial charge in [-0.2, -0.15) is 0 Å². The molecule has 0 fully saturated rings. The number of nitrogens with zero attached hydrogens (tertiary/aromatic N) is 1. The zero-order chi connectivity index (χ0) is 10.5. The molecule has 2 heterocycles. The second kappa shape index (κ2) is 4.79. The predicted octanol–water partition coefficient (Wildman–Crippen LogP) is 2.09. The molecular formula is C11H15N3O. The molecule has 0 spiro atoms. The van der Waals surface area contributed by atoms with Crippen LogP contribution in [0.25, 0.3) is 0 Å². The number of H-pyrrole nitrogens is 1. The third kappa shape index (κ3) is 2.27. The first-order valence-corrected chi connectivity index (χ1v) is 5.16. The molecule has 0 aliphatic rings. The van der Waals surface area contributed by atoms with Gasteiger partial charge in [-0.15, -0.1) is 0 Å². The van der Waals surface area contributed by atoms with Crippen LogP contribution in [-0.2, 0) is 0 Å². The minimum Gasteiger partial charge on any atom is -0.472 e. The van der Waals surface area contributed by atoms with Crippen molar-refractivity contribution in [1.82, 2.24) is 15.3 Å². The van der Waals surface area contributed by atoms with Crippen LogP contribution >= 0.6 is 0 Å². The lowest BCUT2D eigenvalue weighted by Crippen LogP contribution is -2.23. The summed E-state index contributed by atoms with van der Waals surface area (Å²) in [4.78, 5) is 7.38. The number of imidazole rings is 1. The molecule has 0 aliphatic heterocycles. The molecular weight excluding hydrogens is 190 g/mol. The van der Waals surface area contributed by atoms with Gasteiger partial charge in [-0.3, -0.25) is 0 Å². The van der Waals surface area contributed by atoms with Crippen molar-refractivity contribution in [3.63, 3.8) is 0 Å². The second-order valence-corrected chi connectivity index (χ2v) is 3.42. The van der Waals surface area contributed by atoms with E-state index >= 15 is 0 Å². The average Bonchev–Trinajstić information content (AvgIpc) is 2.90. The number of furan rings is 1. The minimum atomic E-state index is 0.0960. The predicted molar refractivity (Wildman–Crippen MR) is 57.4 cm³/mol. The summed E-state index contributed by atoms with van der Waals surface area (Å²) in [6.07, 6.45) is 8.11. The van der Waals surface area contributed by atoms with Gasteiger partial charge in [-0.05, 0) is 19.0 Å². The monoisotopic (exact) mass is 205 g/mol. The Balaban J connectivity index is 2.17. The fraction of sp³-hybridized carbons (Fsp3) is 0.364. The topological polar surface area (TPSA) is 53.9 Å². The summed E-state index contributed by atoms with van der Waals surface area (Å²) in [7, 11) is 0. The quantitative estimate of drug-likeness (QED) is 0.785. The summed E-state index contributed by atoms with van der Waals surface area (Å²) in [6.45, 7) is 3.10. The van der Waals surface area contributed by atoms with Crippen molar-refractivity contribution in [3.8, 4) is 0 Å². The zero-order valence-corrected chi connectivity index (χ0v) is 8.73. The van der Waals surface area contributed by atoms with E-state index in [2.05, 4.69) is 22.2 Å². The summed E-state index contributed by atoms with van der Waals surface area (Å²) in [6, 6.07) is 2.05. The third-order valence-electron chi connectivity index (χ3n) is 2.27. The SMILES string of the molecule is CCCNC(c1ccoc1)c1ncc[nH]1. The van der Waals surface area contributed by atoms with Crippen LogP contribution in [0.15, 0.2) is 35.4 Å². The smallest absolute Gasteiger partial charge is 0.127 e. The maximum Gasteiger partial charge on any atom is 0.127 e. The maximum atomic E-state index is 5.09. The van der Waals surface area contributed by atoms with Gasteiger partial charge in [0.05, 0.1) is 18.6 Å². The highest BCUT2D eigenvalue weighted by Gasteiger charge is 2.16. The first-order valence-electron chi connectivity index (χ1n) is 5.16. The highest BCUT2D eigenvalue weighted by molar-refractivity contribution is 5.19. The molecule has 4 heteroatoms. The fourth-order valence-corrected chi connectivity index (χ4v) is 1.54. The molecule has 0 amide bonds. The van der Waals surface area contributed by atoms with E-state index in [1.165, 1.54) is 0 Å². The number of aromatic nitrogens is 2. The summed E-state index contributed by atoms with van der Waals surface area (Å²) in [5, 5.41) is 3.42. The van der Waals surface area contributed by atoms with Crippen molar-refractivity contribution in [2.45, 2.75) is 19.4 Å². The summed E-state index contributed by atoms with van der Waals surface area (Å²) in [5.74, 6) is 0.921. The van der Waals surface area contributed by atoms with Crippen LogP contribution in [0, 0.1) is 0 Å². The lowest BCUT2D eigenvalue weighted by molar-refractivity contribution is 0.541. The van der Waals surface area contributed by atoms with E-state index in [1.807, 2.05) is 12.3 Å². The van der Waals surface area contributed by atoms with E-state index in [0.717, 1.165) is 24.4 Å². The van der Waals surface area contributed by atoms with Crippen molar-refractivity contribution in [2.24, 2.45) is 0 Å². The molecule has 2 N–H and O–H groups in total. The molecule has 0 radical (unpaired) electrons. The Kier molecular flexibility index (Phi) is 3.19. The van der Waals surface area contributed by atoms with E-state index in [4.69, 9.17) is 4.42 Å². The van der Waals surface area contributed by atoms with Gasteiger partial charge in [0.1, 0.15) is 5.82 Å². The molecule has 1 unspecified atom stereocenters. The third-order valence-corrected chi connectivity index (χ3v) is 2.27. The van der Waals surface area contributed by atoms with Gasteiger partial charge < -0.3 is 14.7 Å². The summed E-state index contributed by atoms with van der Waals surface area (Å²) < 4.78 is 5.09. The van der Waals surface area contributed by atoms with Gasteiger partial charge in [-0.25, -0.2) is 4.98 Å². The molecule has 0 aromatic carbocycles. The van der Waals surface area contributed by atoms with Gasteiger partial charge in [0.2, 0.25) is 0 Å². The van der Waals surface area contributed by atoms with Crippen molar-refractivity contribution in [3.05, 3.63) is 42.4 Å². The highest BCUT2D eigenvalue weighted by atomic mass is 16.3. The standard InChI is InChI=1S/C11H15N3O/c1-2-4-12-10(9-3-7-15-8-9)11-13-5-6-14-11/h3,5-8,10,12H,2,4H2,1H3,(H,13,14). The zero-order valence-electron chi connectivity index (χ0n) is 8.73. The number of nitrogens with one attached hydrogen (secondary N) is 2. The van der Waals surface area contributed by atoms with Crippen LogP contribution < -0.4 is 5.32 Å². The van der Waals surface area contributed by atoms with Crippen molar-refractivity contribution >= 4 is 0 Å². The van der Waals surface area contributed by atoms with Gasteiger partial charge in [-0.1, -0.05) is 6.92 Å². The van der Waals surface area contributed by atoms with Crippen molar-refractivity contribution in [2.75, 3.05) is 6.54 Å². The molecule has 0 bridgehead atoms. The highest BCUT2D eigenvalue weighted by Crippen LogP contribution is 2.18. The van der Waals surface area contributed by atoms with Gasteiger partial charge in [0.25, 0.3) is 0 Å². The molecule has 4 nitrogen and oxygen atoms in total. The maximum absolute atomic E-state index is 5.09. The molecule has 2 rings (SSSR count). The summed E-state index contributed by atoms with van der Waals surface area (Å²) >= 11 is 0. The van der Waals surface area contributed by atoms with Crippen LogP contribution in [0.3, 0.4) is 0 Å². The van der Waals surface area contributed by atoms with Crippen LogP contribution in [0.4, 0.5) is 0 Å². The molecule has 0 saturated carbocycles. The van der Waals surface area contributed by atoms with Crippen LogP contribution in [-0.4, -0.2) is 16.5 Å². The Morgan fingerprint density at radius 3 is 3.13 bits per heavy atom. The Morgan fingerprint density at radius 2 is 2.53 bits per heavy atom. The molecule has 2 aromatic heterocycles. The van der Waals surface area contributed by atoms with E-state index < -0.39 is 0 Å². The van der Waals surface area contributed by atoms with E-state index in [0.29, 0.717) is 0 Å². The molecule has 15 heavy (non-hydrogen) atoms. The summed E-state index contributed by atoms with van der Waals surface area (Å²) in [5.41, 5.74) is 1.10. The number of aromatic amines is 1. The molecule has 2 aromatic rings. The van der Waals surface area contributed by atoms with Gasteiger partial charge in [0, 0.05) is 18.0 Å². The van der Waals surface area contributed by atoms with Gasteiger partial charge >= 0.3 is 0 Å². The minimum absolute atomic E-state index is 0.0960. The Morgan fingerprint density at radius 1 is 1.60 bits per heavy atom. The largest absolute Gasteiger partial charge is 0.472 e. The Labute approximate surface area is 88.7 Å². The van der Waals surface area contributed by atoms with E-state index in [1.54, 1.807) is 18.7 Å². The molecule has 0 saturated heterocycles. The second-order valence-electron chi connectivity index (χ2n) is 3.42. The Hall–Kier alpha value is -1.55. The number of hydrogen-bond acceptors (Lipinski definition) is 3. The normalized spacial score (nSPS) is 12.9. The van der Waals surface area contributed by atoms with Gasteiger partial charge in [0.15, 0.2) is 0 Å². The molecule has 1 atom stereocenters. The van der Waals surface area contributed by atoms with Crippen molar-refractivity contribution in [1.29, 1.82) is 0 Å². The fourth-order valence-electron chi connectivity index (χ4n) is 1.54. The Bertz CT molecular complexity index is 332. The van der Waals surface area contributed by atoms with Crippen LogP contribution in [0.5, 0.6) is 0 Å². The first kappa shape index (κ1) is 9.98. The van der Waals surface area contributed by atoms with Crippen molar-refractivity contribution < 1.29 is 4.42 Å². The first-order chi connectivity index (χ1) is 7.42. The van der Waals surface area contributed by atoms with E-state index in [9.17, 15) is 0 Å². The average molecular weight is 205 g/mol. The van der Waals surface area contributed by atoms with Crippen LogP contribution in [0.1, 0.15) is 30.8 Å². The van der Waals surface area contributed by atoms with E-state index in [-0.39, 0.29) is 6.04 Å². The lowest BCUT2D eigenvalue weighted by atomic mass is 10.1. The lowest BCUT2D eigenvalue weighted by Gasteiger charge is -2.14. The number of hydrogen-bond donors (Lipinski definition) is 2. The van der Waals surface area contributed by atoms with Crippen LogP contribution in [0.2, 0.25) is 0 Å². The molecule has 80 valence electrons. The molecule has 0 aliphatic carbocycles.